The zero-order valence-corrected chi connectivity index (χ0v) is 13.6. The molecule has 0 fully saturated rings. The van der Waals surface area contributed by atoms with Gasteiger partial charge in [-0.05, 0) is 29.8 Å². The Bertz CT molecular complexity index is 1010. The Balaban J connectivity index is 2.41. The maximum Gasteiger partial charge on any atom is 0.417 e. The van der Waals surface area contributed by atoms with Crippen molar-refractivity contribution in [3.8, 4) is 11.1 Å². The van der Waals surface area contributed by atoms with E-state index in [2.05, 4.69) is 0 Å². The zero-order chi connectivity index (χ0) is 18.5. The molecule has 0 spiro atoms. The molecule has 1 aromatic heterocycles. The molecule has 2 aromatic carbocycles. The molecule has 0 aliphatic heterocycles. The third-order valence-electron chi connectivity index (χ3n) is 3.68. The predicted molar refractivity (Wildman–Crippen MR) is 86.5 cm³/mol. The number of benzene rings is 2. The molecule has 0 saturated heterocycles. The van der Waals surface area contributed by atoms with Crippen molar-refractivity contribution in [3.05, 3.63) is 57.7 Å². The Kier molecular flexibility index (Phi) is 4.09. The van der Waals surface area contributed by atoms with Gasteiger partial charge in [0, 0.05) is 10.9 Å². The fraction of sp³-hybridized carbons (Fsp3) is 0.0625. The van der Waals surface area contributed by atoms with Gasteiger partial charge >= 0.3 is 12.1 Å². The lowest BCUT2D eigenvalue weighted by Crippen LogP contribution is -2.06. The van der Waals surface area contributed by atoms with Gasteiger partial charge in [-0.15, -0.1) is 0 Å². The van der Waals surface area contributed by atoms with Crippen molar-refractivity contribution in [1.82, 2.24) is 4.73 Å². The molecule has 0 radical (unpaired) electrons. The van der Waals surface area contributed by atoms with Gasteiger partial charge in [-0.3, -0.25) is 0 Å². The van der Waals surface area contributed by atoms with E-state index in [1.807, 2.05) is 0 Å². The lowest BCUT2D eigenvalue weighted by molar-refractivity contribution is -0.136. The first-order valence-corrected chi connectivity index (χ1v) is 7.50. The van der Waals surface area contributed by atoms with Crippen LogP contribution in [-0.4, -0.2) is 21.0 Å². The van der Waals surface area contributed by atoms with E-state index in [0.717, 1.165) is 12.1 Å². The second-order valence-corrected chi connectivity index (χ2v) is 5.99. The number of halogens is 5. The molecule has 2 N–H and O–H groups in total. The van der Waals surface area contributed by atoms with E-state index in [1.165, 1.54) is 24.3 Å². The molecular formula is C16H8Cl2F3NO3. The van der Waals surface area contributed by atoms with Crippen molar-refractivity contribution in [2.45, 2.75) is 6.18 Å². The summed E-state index contributed by atoms with van der Waals surface area (Å²) in [4.78, 5) is 11.1. The van der Waals surface area contributed by atoms with Crippen LogP contribution < -0.4 is 0 Å². The molecule has 0 aliphatic carbocycles. The summed E-state index contributed by atoms with van der Waals surface area (Å²) in [6.07, 6.45) is -4.77. The fourth-order valence-electron chi connectivity index (χ4n) is 2.56. The van der Waals surface area contributed by atoms with Gasteiger partial charge < -0.3 is 10.3 Å². The van der Waals surface area contributed by atoms with Gasteiger partial charge in [0.1, 0.15) is 0 Å². The van der Waals surface area contributed by atoms with Crippen LogP contribution in [0.1, 0.15) is 16.1 Å². The van der Waals surface area contributed by atoms with E-state index >= 15 is 0 Å². The summed E-state index contributed by atoms with van der Waals surface area (Å²) in [6, 6.07) is 7.29. The number of fused-ring (bicyclic) bond motifs is 1. The Morgan fingerprint density at radius 2 is 1.80 bits per heavy atom. The van der Waals surface area contributed by atoms with Crippen molar-refractivity contribution in [3.63, 3.8) is 0 Å². The van der Waals surface area contributed by atoms with Crippen LogP contribution in [0.2, 0.25) is 10.0 Å². The maximum atomic E-state index is 13.4. The van der Waals surface area contributed by atoms with Crippen LogP contribution in [0.4, 0.5) is 13.2 Å². The normalized spacial score (nSPS) is 11.9. The summed E-state index contributed by atoms with van der Waals surface area (Å²) in [5.74, 6) is -1.56. The molecule has 130 valence electrons. The highest BCUT2D eigenvalue weighted by Gasteiger charge is 2.35. The van der Waals surface area contributed by atoms with Crippen molar-refractivity contribution >= 4 is 40.1 Å². The van der Waals surface area contributed by atoms with E-state index in [-0.39, 0.29) is 31.4 Å². The highest BCUT2D eigenvalue weighted by atomic mass is 35.5. The highest BCUT2D eigenvalue weighted by Crippen LogP contribution is 2.41. The van der Waals surface area contributed by atoms with Crippen molar-refractivity contribution in [2.24, 2.45) is 0 Å². The lowest BCUT2D eigenvalue weighted by atomic mass is 9.99. The van der Waals surface area contributed by atoms with Gasteiger partial charge in [0.05, 0.1) is 21.1 Å². The molecule has 0 saturated carbocycles. The van der Waals surface area contributed by atoms with E-state index < -0.39 is 28.8 Å². The second-order valence-electron chi connectivity index (χ2n) is 5.20. The maximum absolute atomic E-state index is 13.4. The van der Waals surface area contributed by atoms with Crippen LogP contribution in [0.3, 0.4) is 0 Å². The number of aromatic carboxylic acids is 1. The van der Waals surface area contributed by atoms with Crippen LogP contribution in [-0.2, 0) is 6.18 Å². The largest absolute Gasteiger partial charge is 0.476 e. The Hall–Kier alpha value is -2.38. The summed E-state index contributed by atoms with van der Waals surface area (Å²) in [7, 11) is 0. The third kappa shape index (κ3) is 2.89. The standard InChI is InChI=1S/C16H8Cl2F3NO3/c17-11-3-1-2-8(14(11)18)7-4-10(16(19,20)21)9-6-13(15(23)24)22(25)12(9)5-7/h1-6,25H,(H,23,24). The minimum absolute atomic E-state index is 0.0395. The van der Waals surface area contributed by atoms with E-state index in [4.69, 9.17) is 28.3 Å². The third-order valence-corrected chi connectivity index (χ3v) is 4.50. The van der Waals surface area contributed by atoms with Gasteiger partial charge in [0.15, 0.2) is 5.69 Å². The number of aromatic nitrogens is 1. The fourth-order valence-corrected chi connectivity index (χ4v) is 2.97. The first kappa shape index (κ1) is 17.4. The summed E-state index contributed by atoms with van der Waals surface area (Å²) in [5.41, 5.74) is -1.82. The molecule has 0 aliphatic rings. The first-order valence-electron chi connectivity index (χ1n) is 6.75. The minimum atomic E-state index is -4.77. The lowest BCUT2D eigenvalue weighted by Gasteiger charge is -2.13. The molecule has 4 nitrogen and oxygen atoms in total. The highest BCUT2D eigenvalue weighted by molar-refractivity contribution is 6.43. The monoisotopic (exact) mass is 389 g/mol. The topological polar surface area (TPSA) is 62.5 Å². The number of rotatable bonds is 2. The number of carboxylic acids is 1. The molecule has 25 heavy (non-hydrogen) atoms. The molecule has 1 heterocycles. The molecule has 0 atom stereocenters. The average molecular weight is 390 g/mol. The van der Waals surface area contributed by atoms with Crippen LogP contribution >= 0.6 is 23.2 Å². The second kappa shape index (κ2) is 5.86. The van der Waals surface area contributed by atoms with Gasteiger partial charge in [0.2, 0.25) is 0 Å². The van der Waals surface area contributed by atoms with Gasteiger partial charge in [-0.25, -0.2) is 4.79 Å². The zero-order valence-electron chi connectivity index (χ0n) is 12.1. The number of carboxylic acid groups (broad SMARTS) is 1. The SMILES string of the molecule is O=C(O)c1cc2c(C(F)(F)F)cc(-c3cccc(Cl)c3Cl)cc2n1O. The molecule has 3 aromatic rings. The number of hydrogen-bond donors (Lipinski definition) is 2. The quantitative estimate of drug-likeness (QED) is 0.563. The van der Waals surface area contributed by atoms with E-state index in [0.29, 0.717) is 0 Å². The first-order chi connectivity index (χ1) is 11.6. The summed E-state index contributed by atoms with van der Waals surface area (Å²) < 4.78 is 40.5. The molecule has 0 bridgehead atoms. The van der Waals surface area contributed by atoms with Gasteiger partial charge in [-0.1, -0.05) is 35.3 Å². The molecule has 9 heteroatoms. The minimum Gasteiger partial charge on any atom is -0.476 e. The Morgan fingerprint density at radius 1 is 1.12 bits per heavy atom. The number of nitrogens with zero attached hydrogens (tertiary/aromatic N) is 1. The van der Waals surface area contributed by atoms with Crippen molar-refractivity contribution in [1.29, 1.82) is 0 Å². The molecule has 0 unspecified atom stereocenters. The van der Waals surface area contributed by atoms with Crippen LogP contribution in [0.5, 0.6) is 0 Å². The van der Waals surface area contributed by atoms with Crippen LogP contribution in [0.15, 0.2) is 36.4 Å². The predicted octanol–water partition coefficient (Wildman–Crippen LogP) is 5.57. The number of hydrogen-bond acceptors (Lipinski definition) is 2. The summed E-state index contributed by atoms with van der Waals surface area (Å²) >= 11 is 12.0. The molecule has 3 rings (SSSR count). The van der Waals surface area contributed by atoms with Crippen LogP contribution in [0, 0.1) is 0 Å². The van der Waals surface area contributed by atoms with Crippen molar-refractivity contribution < 1.29 is 28.3 Å². The average Bonchev–Trinajstić information content (AvgIpc) is 2.85. The van der Waals surface area contributed by atoms with Crippen molar-refractivity contribution in [2.75, 3.05) is 0 Å². The van der Waals surface area contributed by atoms with E-state index in [9.17, 15) is 23.2 Å². The van der Waals surface area contributed by atoms with Crippen LogP contribution in [0.25, 0.3) is 22.0 Å². The summed E-state index contributed by atoms with van der Waals surface area (Å²) in [5, 5.41) is 18.7. The molecular weight excluding hydrogens is 382 g/mol. The Labute approximate surface area is 148 Å². The van der Waals surface area contributed by atoms with E-state index in [1.54, 1.807) is 0 Å². The Morgan fingerprint density at radius 3 is 2.40 bits per heavy atom. The van der Waals surface area contributed by atoms with Gasteiger partial charge in [0.25, 0.3) is 0 Å². The molecule has 0 amide bonds. The van der Waals surface area contributed by atoms with Gasteiger partial charge in [-0.2, -0.15) is 17.9 Å². The summed E-state index contributed by atoms with van der Waals surface area (Å²) in [6.45, 7) is 0. The number of carbonyl (C=O) groups is 1. The number of alkyl halides is 3. The smallest absolute Gasteiger partial charge is 0.417 e.